The van der Waals surface area contributed by atoms with Gasteiger partial charge < -0.3 is 29.9 Å². The Hall–Kier alpha value is -1.51. The van der Waals surface area contributed by atoms with E-state index < -0.39 is 37.3 Å². The van der Waals surface area contributed by atoms with Crippen molar-refractivity contribution in [1.82, 2.24) is 0 Å². The van der Waals surface area contributed by atoms with Crippen molar-refractivity contribution in [2.75, 3.05) is 6.61 Å². The largest absolute Gasteiger partial charge is 0.462 e. The van der Waals surface area contributed by atoms with Crippen LogP contribution in [0.5, 0.6) is 5.75 Å². The second-order valence-corrected chi connectivity index (χ2v) is 5.12. The van der Waals surface area contributed by atoms with Crippen LogP contribution in [0.25, 0.3) is 0 Å². The molecular formula is C15H20O7. The predicted octanol–water partition coefficient (Wildman–Crippen LogP) is -0.542. The second-order valence-electron chi connectivity index (χ2n) is 5.12. The molecule has 0 aromatic heterocycles. The Balaban J connectivity index is 2.07. The third kappa shape index (κ3) is 3.45. The zero-order valence-corrected chi connectivity index (χ0v) is 12.1. The van der Waals surface area contributed by atoms with Gasteiger partial charge in [-0.1, -0.05) is 6.92 Å². The summed E-state index contributed by atoms with van der Waals surface area (Å²) in [5.41, 5.74) is 0.545. The highest BCUT2D eigenvalue weighted by Crippen LogP contribution is 2.24. The summed E-state index contributed by atoms with van der Waals surface area (Å²) in [6.07, 6.45) is -6.24. The zero-order chi connectivity index (χ0) is 16.3. The minimum atomic E-state index is -1.49. The van der Waals surface area contributed by atoms with Gasteiger partial charge in [-0.05, 0) is 24.3 Å². The van der Waals surface area contributed by atoms with Crippen LogP contribution in [-0.4, -0.2) is 63.5 Å². The summed E-state index contributed by atoms with van der Waals surface area (Å²) in [6, 6.07) is 6.27. The van der Waals surface area contributed by atoms with Crippen LogP contribution >= 0.6 is 0 Å². The number of hydrogen-bond donors (Lipinski definition) is 4. The van der Waals surface area contributed by atoms with Crippen molar-refractivity contribution in [3.63, 3.8) is 0 Å². The van der Waals surface area contributed by atoms with Gasteiger partial charge in [0.25, 0.3) is 0 Å². The van der Waals surface area contributed by atoms with Crippen molar-refractivity contribution in [1.29, 1.82) is 0 Å². The normalized spacial score (nSPS) is 31.8. The number of aliphatic hydroxyl groups is 4. The molecule has 5 atom stereocenters. The van der Waals surface area contributed by atoms with Crippen LogP contribution in [0.3, 0.4) is 0 Å². The smallest absolute Gasteiger partial charge is 0.229 e. The third-order valence-electron chi connectivity index (χ3n) is 3.60. The fraction of sp³-hybridized carbons (Fsp3) is 0.533. The molecule has 0 bridgehead atoms. The van der Waals surface area contributed by atoms with E-state index in [0.717, 1.165) is 0 Å². The summed E-state index contributed by atoms with van der Waals surface area (Å²) in [4.78, 5) is 11.5. The Kier molecular flexibility index (Phi) is 5.49. The molecule has 7 nitrogen and oxygen atoms in total. The van der Waals surface area contributed by atoms with E-state index in [1.807, 2.05) is 0 Å². The van der Waals surface area contributed by atoms with Crippen LogP contribution < -0.4 is 4.74 Å². The van der Waals surface area contributed by atoms with Crippen molar-refractivity contribution in [2.45, 2.75) is 44.1 Å². The second kappa shape index (κ2) is 7.17. The van der Waals surface area contributed by atoms with E-state index in [1.165, 1.54) is 0 Å². The lowest BCUT2D eigenvalue weighted by Gasteiger charge is -2.39. The van der Waals surface area contributed by atoms with Gasteiger partial charge in [0.15, 0.2) is 5.78 Å². The molecule has 7 heteroatoms. The maximum atomic E-state index is 11.5. The number of ether oxygens (including phenoxy) is 2. The highest BCUT2D eigenvalue weighted by atomic mass is 16.7. The van der Waals surface area contributed by atoms with Crippen LogP contribution in [0.1, 0.15) is 23.7 Å². The number of rotatable bonds is 5. The third-order valence-corrected chi connectivity index (χ3v) is 3.60. The van der Waals surface area contributed by atoms with Gasteiger partial charge in [-0.2, -0.15) is 0 Å². The topological polar surface area (TPSA) is 116 Å². The first-order valence-electron chi connectivity index (χ1n) is 7.08. The summed E-state index contributed by atoms with van der Waals surface area (Å²) in [6.45, 7) is 1.25. The van der Waals surface area contributed by atoms with E-state index in [1.54, 1.807) is 31.2 Å². The monoisotopic (exact) mass is 312 g/mol. The first kappa shape index (κ1) is 16.9. The van der Waals surface area contributed by atoms with Crippen molar-refractivity contribution < 1.29 is 34.7 Å². The number of aliphatic hydroxyl groups excluding tert-OH is 4. The summed E-state index contributed by atoms with van der Waals surface area (Å²) in [5, 5.41) is 38.3. The van der Waals surface area contributed by atoms with E-state index in [4.69, 9.17) is 14.6 Å². The van der Waals surface area contributed by atoms with E-state index in [-0.39, 0.29) is 5.78 Å². The SMILES string of the molecule is CCC(=O)c1ccc(O[C@@H]2O[C@H](CO)[C@@H](O)[C@H](O)[C@H]2O)cc1. The molecule has 0 unspecified atom stereocenters. The fourth-order valence-corrected chi connectivity index (χ4v) is 2.22. The quantitative estimate of drug-likeness (QED) is 0.539. The average Bonchev–Trinajstić information content (AvgIpc) is 2.55. The Morgan fingerprint density at radius 1 is 1.14 bits per heavy atom. The minimum absolute atomic E-state index is 0.000565. The zero-order valence-electron chi connectivity index (χ0n) is 12.1. The molecule has 1 aliphatic heterocycles. The van der Waals surface area contributed by atoms with Crippen LogP contribution in [0.15, 0.2) is 24.3 Å². The summed E-state index contributed by atoms with van der Waals surface area (Å²) < 4.78 is 10.7. The molecule has 1 aromatic carbocycles. The van der Waals surface area contributed by atoms with E-state index in [9.17, 15) is 20.1 Å². The van der Waals surface area contributed by atoms with Gasteiger partial charge in [0.05, 0.1) is 6.61 Å². The molecular weight excluding hydrogens is 292 g/mol. The molecule has 0 amide bonds. The Labute approximate surface area is 127 Å². The average molecular weight is 312 g/mol. The Morgan fingerprint density at radius 3 is 2.32 bits per heavy atom. The molecule has 122 valence electrons. The molecule has 0 saturated carbocycles. The Bertz CT molecular complexity index is 499. The lowest BCUT2D eigenvalue weighted by molar-refractivity contribution is -0.277. The van der Waals surface area contributed by atoms with Crippen molar-refractivity contribution in [3.8, 4) is 5.75 Å². The van der Waals surface area contributed by atoms with Crippen LogP contribution in [0.4, 0.5) is 0 Å². The molecule has 0 spiro atoms. The molecule has 1 saturated heterocycles. The van der Waals surface area contributed by atoms with E-state index in [0.29, 0.717) is 17.7 Å². The predicted molar refractivity (Wildman–Crippen MR) is 75.5 cm³/mol. The number of ketones is 1. The fourth-order valence-electron chi connectivity index (χ4n) is 2.22. The number of benzene rings is 1. The summed E-state index contributed by atoms with van der Waals surface area (Å²) >= 11 is 0. The minimum Gasteiger partial charge on any atom is -0.462 e. The Morgan fingerprint density at radius 2 is 1.77 bits per heavy atom. The maximum absolute atomic E-state index is 11.5. The molecule has 0 aliphatic carbocycles. The molecule has 1 heterocycles. The maximum Gasteiger partial charge on any atom is 0.229 e. The standard InChI is InChI=1S/C15H20O7/c1-2-10(17)8-3-5-9(6-4-8)21-15-14(20)13(19)12(18)11(7-16)22-15/h3-6,11-16,18-20H,2,7H2,1H3/t11-,12-,13+,14-,15-/m1/s1. The van der Waals surface area contributed by atoms with Gasteiger partial charge in [-0.3, -0.25) is 4.79 Å². The van der Waals surface area contributed by atoms with Crippen molar-refractivity contribution in [3.05, 3.63) is 29.8 Å². The molecule has 22 heavy (non-hydrogen) atoms. The lowest BCUT2D eigenvalue weighted by Crippen LogP contribution is -2.60. The number of Topliss-reactive ketones (excluding diaryl/α,β-unsaturated/α-hetero) is 1. The first-order valence-corrected chi connectivity index (χ1v) is 7.08. The van der Waals surface area contributed by atoms with Gasteiger partial charge >= 0.3 is 0 Å². The van der Waals surface area contributed by atoms with E-state index in [2.05, 4.69) is 0 Å². The summed E-state index contributed by atoms with van der Waals surface area (Å²) in [7, 11) is 0. The number of carbonyl (C=O) groups excluding carboxylic acids is 1. The number of hydrogen-bond acceptors (Lipinski definition) is 7. The van der Waals surface area contributed by atoms with Crippen molar-refractivity contribution >= 4 is 5.78 Å². The van der Waals surface area contributed by atoms with Crippen LogP contribution in [-0.2, 0) is 4.74 Å². The van der Waals surface area contributed by atoms with Crippen LogP contribution in [0, 0.1) is 0 Å². The van der Waals surface area contributed by atoms with Gasteiger partial charge in [-0.25, -0.2) is 0 Å². The molecule has 2 rings (SSSR count). The molecule has 4 N–H and O–H groups in total. The highest BCUT2D eigenvalue weighted by Gasteiger charge is 2.44. The molecule has 1 aromatic rings. The summed E-state index contributed by atoms with van der Waals surface area (Å²) in [5.74, 6) is 0.330. The highest BCUT2D eigenvalue weighted by molar-refractivity contribution is 5.95. The van der Waals surface area contributed by atoms with Crippen molar-refractivity contribution in [2.24, 2.45) is 0 Å². The van der Waals surface area contributed by atoms with Gasteiger partial charge in [0, 0.05) is 12.0 Å². The van der Waals surface area contributed by atoms with Crippen LogP contribution in [0.2, 0.25) is 0 Å². The number of carbonyl (C=O) groups is 1. The van der Waals surface area contributed by atoms with Gasteiger partial charge in [0.2, 0.25) is 6.29 Å². The van der Waals surface area contributed by atoms with E-state index >= 15 is 0 Å². The molecule has 0 radical (unpaired) electrons. The molecule has 1 aliphatic rings. The molecule has 1 fully saturated rings. The van der Waals surface area contributed by atoms with Gasteiger partial charge in [-0.15, -0.1) is 0 Å². The lowest BCUT2D eigenvalue weighted by atomic mass is 9.99. The van der Waals surface area contributed by atoms with Gasteiger partial charge in [0.1, 0.15) is 30.2 Å². The first-order chi connectivity index (χ1) is 10.5.